The second-order valence-electron chi connectivity index (χ2n) is 6.95. The summed E-state index contributed by atoms with van der Waals surface area (Å²) in [6, 6.07) is 14.7. The summed E-state index contributed by atoms with van der Waals surface area (Å²) in [6.45, 7) is 0. The SMILES string of the molecule is O=C(/C=C/c1ccc(-c2ccc(Cl)cc2Cl)o1)NC(=S)Nc1nc(-c2cccc([N+](=O)[O-])c2)cs1. The summed E-state index contributed by atoms with van der Waals surface area (Å²) in [4.78, 5) is 27.1. The van der Waals surface area contributed by atoms with E-state index in [1.165, 1.54) is 35.6 Å². The van der Waals surface area contributed by atoms with E-state index in [-0.39, 0.29) is 10.8 Å². The summed E-state index contributed by atoms with van der Waals surface area (Å²) in [6.07, 6.45) is 2.77. The van der Waals surface area contributed by atoms with Gasteiger partial charge < -0.3 is 9.73 Å². The number of nitrogens with zero attached hydrogens (tertiary/aromatic N) is 2. The Morgan fingerprint density at radius 2 is 2.00 bits per heavy atom. The molecule has 2 N–H and O–H groups in total. The van der Waals surface area contributed by atoms with Crippen LogP contribution >= 0.6 is 46.8 Å². The third-order valence-electron chi connectivity index (χ3n) is 4.54. The number of nitrogens with one attached hydrogen (secondary N) is 2. The highest BCUT2D eigenvalue weighted by molar-refractivity contribution is 7.80. The summed E-state index contributed by atoms with van der Waals surface area (Å²) >= 11 is 18.5. The van der Waals surface area contributed by atoms with E-state index in [1.54, 1.807) is 47.8 Å². The third-order valence-corrected chi connectivity index (χ3v) is 6.05. The van der Waals surface area contributed by atoms with Gasteiger partial charge in [0.15, 0.2) is 10.2 Å². The molecule has 0 fully saturated rings. The van der Waals surface area contributed by atoms with E-state index < -0.39 is 10.8 Å². The number of benzene rings is 2. The van der Waals surface area contributed by atoms with Crippen LogP contribution in [0.2, 0.25) is 10.0 Å². The van der Waals surface area contributed by atoms with E-state index in [1.807, 2.05) is 0 Å². The van der Waals surface area contributed by atoms with Crippen LogP contribution < -0.4 is 10.6 Å². The van der Waals surface area contributed by atoms with Gasteiger partial charge in [-0.3, -0.25) is 20.2 Å². The zero-order chi connectivity index (χ0) is 24.9. The summed E-state index contributed by atoms with van der Waals surface area (Å²) in [7, 11) is 0. The predicted octanol–water partition coefficient (Wildman–Crippen LogP) is 6.81. The van der Waals surface area contributed by atoms with Crippen molar-refractivity contribution in [3.63, 3.8) is 0 Å². The largest absolute Gasteiger partial charge is 0.457 e. The van der Waals surface area contributed by atoms with Gasteiger partial charge >= 0.3 is 0 Å². The minimum absolute atomic E-state index is 0.0282. The molecule has 0 radical (unpaired) electrons. The van der Waals surface area contributed by atoms with Gasteiger partial charge in [0.05, 0.1) is 15.6 Å². The Labute approximate surface area is 218 Å². The Kier molecular flexibility index (Phi) is 7.57. The van der Waals surface area contributed by atoms with Crippen molar-refractivity contribution < 1.29 is 14.1 Å². The number of nitro benzene ring substituents is 1. The third kappa shape index (κ3) is 6.31. The second kappa shape index (κ2) is 10.8. The fourth-order valence-electron chi connectivity index (χ4n) is 2.96. The van der Waals surface area contributed by atoms with Gasteiger partial charge in [-0.05, 0) is 48.6 Å². The first kappa shape index (κ1) is 24.6. The number of furan rings is 1. The molecule has 2 aromatic heterocycles. The van der Waals surface area contributed by atoms with Gasteiger partial charge in [0.25, 0.3) is 5.69 Å². The fraction of sp³-hybridized carbons (Fsp3) is 0. The van der Waals surface area contributed by atoms with Crippen LogP contribution in [0.25, 0.3) is 28.7 Å². The van der Waals surface area contributed by atoms with Crippen LogP contribution in [0.1, 0.15) is 5.76 Å². The van der Waals surface area contributed by atoms with Crippen molar-refractivity contribution in [3.8, 4) is 22.6 Å². The molecule has 2 aromatic carbocycles. The minimum atomic E-state index is -0.472. The molecule has 0 saturated heterocycles. The first-order valence-corrected chi connectivity index (χ1v) is 11.9. The van der Waals surface area contributed by atoms with Gasteiger partial charge in [-0.1, -0.05) is 35.3 Å². The molecule has 0 aliphatic heterocycles. The Morgan fingerprint density at radius 3 is 2.77 bits per heavy atom. The van der Waals surface area contributed by atoms with E-state index in [0.717, 1.165) is 0 Å². The monoisotopic (exact) mass is 544 g/mol. The average Bonchev–Trinajstić information content (AvgIpc) is 3.47. The molecule has 12 heteroatoms. The average molecular weight is 545 g/mol. The Hall–Kier alpha value is -3.57. The highest BCUT2D eigenvalue weighted by Gasteiger charge is 2.12. The lowest BCUT2D eigenvalue weighted by molar-refractivity contribution is -0.384. The molecule has 1 amide bonds. The molecular weight excluding hydrogens is 531 g/mol. The maximum absolute atomic E-state index is 12.2. The summed E-state index contributed by atoms with van der Waals surface area (Å²) < 4.78 is 5.72. The van der Waals surface area contributed by atoms with Crippen molar-refractivity contribution in [2.24, 2.45) is 0 Å². The lowest BCUT2D eigenvalue weighted by Gasteiger charge is -2.04. The molecule has 0 saturated carbocycles. The highest BCUT2D eigenvalue weighted by atomic mass is 35.5. The molecule has 35 heavy (non-hydrogen) atoms. The number of anilines is 1. The van der Waals surface area contributed by atoms with Crippen LogP contribution in [0, 0.1) is 10.1 Å². The number of thiocarbonyl (C=S) groups is 1. The summed E-state index contributed by atoms with van der Waals surface area (Å²) in [5.74, 6) is 0.509. The maximum Gasteiger partial charge on any atom is 0.270 e. The number of thiazole rings is 1. The van der Waals surface area contributed by atoms with E-state index in [0.29, 0.717) is 43.5 Å². The number of non-ortho nitro benzene ring substituents is 1. The molecule has 4 aromatic rings. The summed E-state index contributed by atoms with van der Waals surface area (Å²) in [5.41, 5.74) is 1.79. The molecule has 8 nitrogen and oxygen atoms in total. The van der Waals surface area contributed by atoms with Gasteiger partial charge in [0.1, 0.15) is 11.5 Å². The fourth-order valence-corrected chi connectivity index (χ4v) is 4.45. The van der Waals surface area contributed by atoms with E-state index >= 15 is 0 Å². The zero-order valence-electron chi connectivity index (χ0n) is 17.5. The number of nitro groups is 1. The van der Waals surface area contributed by atoms with E-state index in [2.05, 4.69) is 15.6 Å². The molecule has 2 heterocycles. The first-order chi connectivity index (χ1) is 16.8. The van der Waals surface area contributed by atoms with E-state index in [9.17, 15) is 14.9 Å². The van der Waals surface area contributed by atoms with Crippen LogP contribution in [-0.4, -0.2) is 20.9 Å². The topological polar surface area (TPSA) is 110 Å². The number of hydrogen-bond donors (Lipinski definition) is 2. The van der Waals surface area contributed by atoms with Crippen molar-refractivity contribution in [2.75, 3.05) is 5.32 Å². The van der Waals surface area contributed by atoms with Crippen molar-refractivity contribution in [1.29, 1.82) is 0 Å². The number of aromatic nitrogens is 1. The zero-order valence-corrected chi connectivity index (χ0v) is 20.7. The number of amides is 1. The predicted molar refractivity (Wildman–Crippen MR) is 142 cm³/mol. The van der Waals surface area contributed by atoms with Crippen molar-refractivity contribution in [1.82, 2.24) is 10.3 Å². The molecule has 0 aliphatic carbocycles. The molecule has 0 unspecified atom stereocenters. The normalized spacial score (nSPS) is 10.9. The first-order valence-electron chi connectivity index (χ1n) is 9.84. The lowest BCUT2D eigenvalue weighted by atomic mass is 10.1. The van der Waals surface area contributed by atoms with E-state index in [4.69, 9.17) is 39.8 Å². The molecule has 0 spiro atoms. The number of rotatable bonds is 6. The number of hydrogen-bond acceptors (Lipinski definition) is 7. The Morgan fingerprint density at radius 1 is 1.17 bits per heavy atom. The maximum atomic E-state index is 12.2. The number of carbonyl (C=O) groups excluding carboxylic acids is 1. The van der Waals surface area contributed by atoms with Gasteiger partial charge in [-0.25, -0.2) is 4.98 Å². The Balaban J connectivity index is 1.34. The van der Waals surface area contributed by atoms with Crippen LogP contribution in [0.15, 0.2) is 70.5 Å². The second-order valence-corrected chi connectivity index (χ2v) is 9.06. The quantitative estimate of drug-likeness (QED) is 0.119. The molecule has 4 rings (SSSR count). The van der Waals surface area contributed by atoms with Gasteiger partial charge in [0.2, 0.25) is 5.91 Å². The van der Waals surface area contributed by atoms with Gasteiger partial charge in [0, 0.05) is 39.7 Å². The van der Waals surface area contributed by atoms with Crippen molar-refractivity contribution in [3.05, 3.63) is 92.0 Å². The molecule has 176 valence electrons. The van der Waals surface area contributed by atoms with Crippen LogP contribution in [0.5, 0.6) is 0 Å². The highest BCUT2D eigenvalue weighted by Crippen LogP contribution is 2.32. The number of halogens is 2. The van der Waals surface area contributed by atoms with Gasteiger partial charge in [-0.15, -0.1) is 11.3 Å². The molecular formula is C23H14Cl2N4O4S2. The molecule has 0 atom stereocenters. The smallest absolute Gasteiger partial charge is 0.270 e. The Bertz CT molecular complexity index is 1470. The molecule has 0 aliphatic rings. The van der Waals surface area contributed by atoms with Crippen molar-refractivity contribution in [2.45, 2.75) is 0 Å². The van der Waals surface area contributed by atoms with Crippen molar-refractivity contribution >= 4 is 74.7 Å². The number of carbonyl (C=O) groups is 1. The van der Waals surface area contributed by atoms with Crippen LogP contribution in [0.3, 0.4) is 0 Å². The lowest BCUT2D eigenvalue weighted by Crippen LogP contribution is -2.32. The summed E-state index contributed by atoms with van der Waals surface area (Å²) in [5, 5.41) is 19.5. The minimum Gasteiger partial charge on any atom is -0.457 e. The van der Waals surface area contributed by atoms with Gasteiger partial charge in [-0.2, -0.15) is 0 Å². The molecule has 0 bridgehead atoms. The standard InChI is InChI=1S/C23H14Cl2N4O4S2/c24-14-4-7-17(18(25)11-14)20-8-5-16(33-20)6-9-21(30)27-22(34)28-23-26-19(12-35-23)13-2-1-3-15(10-13)29(31)32/h1-12H,(H2,26,27,28,30,34)/b9-6+. The van der Waals surface area contributed by atoms with Crippen LogP contribution in [-0.2, 0) is 4.79 Å². The van der Waals surface area contributed by atoms with Crippen LogP contribution in [0.4, 0.5) is 10.8 Å².